The molecule has 0 amide bonds. The molecule has 0 radical (unpaired) electrons. The largest absolute Gasteiger partial charge is 0.480 e. The number of hydrogen-bond donors (Lipinski definition) is 2. The maximum atomic E-state index is 5.45. The number of nitrogens with zero attached hydrogens (tertiary/aromatic N) is 1. The van der Waals surface area contributed by atoms with E-state index in [0.717, 1.165) is 11.1 Å². The second-order valence-electron chi connectivity index (χ2n) is 4.57. The summed E-state index contributed by atoms with van der Waals surface area (Å²) in [5.41, 5.74) is 4.75. The van der Waals surface area contributed by atoms with Gasteiger partial charge in [0, 0.05) is 12.1 Å². The van der Waals surface area contributed by atoms with E-state index >= 15 is 0 Å². The van der Waals surface area contributed by atoms with Crippen molar-refractivity contribution in [1.29, 1.82) is 0 Å². The molecule has 0 aliphatic rings. The molecule has 0 bridgehead atoms. The van der Waals surface area contributed by atoms with Crippen LogP contribution >= 0.6 is 12.2 Å². The molecule has 0 unspecified atom stereocenters. The van der Waals surface area contributed by atoms with Crippen LogP contribution in [0.2, 0.25) is 0 Å². The smallest absolute Gasteiger partial charge is 0.187 e. The first-order valence-corrected chi connectivity index (χ1v) is 7.46. The highest BCUT2D eigenvalue weighted by Gasteiger charge is 1.99. The predicted octanol–water partition coefficient (Wildman–Crippen LogP) is 2.70. The molecule has 0 spiro atoms. The maximum absolute atomic E-state index is 5.45. The average Bonchev–Trinajstić information content (AvgIpc) is 2.60. The zero-order valence-electron chi connectivity index (χ0n) is 12.5. The molecule has 2 aromatic rings. The van der Waals surface area contributed by atoms with Crippen LogP contribution in [0.25, 0.3) is 0 Å². The Labute approximate surface area is 141 Å². The summed E-state index contributed by atoms with van der Waals surface area (Å²) in [4.78, 5) is 0. The van der Waals surface area contributed by atoms with Crippen LogP contribution in [0.5, 0.6) is 5.75 Å². The van der Waals surface area contributed by atoms with Crippen molar-refractivity contribution in [2.45, 2.75) is 6.54 Å². The maximum Gasteiger partial charge on any atom is 0.187 e. The van der Waals surface area contributed by atoms with E-state index in [4.69, 9.17) is 23.4 Å². The van der Waals surface area contributed by atoms with Crippen LogP contribution in [-0.4, -0.2) is 17.9 Å². The van der Waals surface area contributed by atoms with Gasteiger partial charge >= 0.3 is 0 Å². The van der Waals surface area contributed by atoms with Crippen molar-refractivity contribution in [1.82, 2.24) is 10.7 Å². The average molecular weight is 323 g/mol. The van der Waals surface area contributed by atoms with E-state index in [0.29, 0.717) is 17.4 Å². The van der Waals surface area contributed by atoms with Gasteiger partial charge in [0.1, 0.15) is 12.4 Å². The number of hydrogen-bond acceptors (Lipinski definition) is 3. The number of hydrazone groups is 1. The quantitative estimate of drug-likeness (QED) is 0.371. The molecule has 0 saturated heterocycles. The van der Waals surface area contributed by atoms with E-state index in [1.165, 1.54) is 0 Å². The minimum absolute atomic E-state index is 0.218. The fraction of sp³-hybridized carbons (Fsp3) is 0.111. The third-order valence-corrected chi connectivity index (χ3v) is 3.13. The van der Waals surface area contributed by atoms with Crippen LogP contribution < -0.4 is 15.5 Å². The predicted molar refractivity (Wildman–Crippen MR) is 97.4 cm³/mol. The Hall–Kier alpha value is -2.84. The van der Waals surface area contributed by atoms with E-state index < -0.39 is 0 Å². The van der Waals surface area contributed by atoms with Crippen molar-refractivity contribution in [3.05, 3.63) is 65.7 Å². The Morgan fingerprint density at radius 2 is 1.91 bits per heavy atom. The van der Waals surface area contributed by atoms with Crippen LogP contribution in [0.4, 0.5) is 0 Å². The zero-order valence-corrected chi connectivity index (χ0v) is 13.3. The van der Waals surface area contributed by atoms with Crippen molar-refractivity contribution in [2.75, 3.05) is 6.61 Å². The molecule has 0 saturated carbocycles. The molecule has 0 heterocycles. The Morgan fingerprint density at radius 1 is 1.17 bits per heavy atom. The van der Waals surface area contributed by atoms with Gasteiger partial charge in [-0.05, 0) is 29.9 Å². The van der Waals surface area contributed by atoms with Crippen LogP contribution in [0.1, 0.15) is 11.1 Å². The number of terminal acetylenes is 1. The summed E-state index contributed by atoms with van der Waals surface area (Å²) in [7, 11) is 0. The van der Waals surface area contributed by atoms with Crippen molar-refractivity contribution < 1.29 is 4.74 Å². The third-order valence-electron chi connectivity index (χ3n) is 2.90. The molecule has 0 aromatic heterocycles. The first-order chi connectivity index (χ1) is 11.3. The summed E-state index contributed by atoms with van der Waals surface area (Å²) < 4.78 is 5.45. The van der Waals surface area contributed by atoms with E-state index in [1.807, 2.05) is 54.6 Å². The highest BCUT2D eigenvalue weighted by Crippen LogP contribution is 2.15. The molecule has 0 aliphatic carbocycles. The lowest BCUT2D eigenvalue weighted by atomic mass is 10.2. The summed E-state index contributed by atoms with van der Waals surface area (Å²) in [6, 6.07) is 17.5. The van der Waals surface area contributed by atoms with Gasteiger partial charge in [-0.1, -0.05) is 48.4 Å². The summed E-state index contributed by atoms with van der Waals surface area (Å²) >= 11 is 5.18. The molecule has 5 heteroatoms. The van der Waals surface area contributed by atoms with E-state index in [9.17, 15) is 0 Å². The van der Waals surface area contributed by atoms with Crippen molar-refractivity contribution in [3.63, 3.8) is 0 Å². The highest BCUT2D eigenvalue weighted by atomic mass is 32.1. The Morgan fingerprint density at radius 3 is 2.70 bits per heavy atom. The Bertz CT molecular complexity index is 708. The lowest BCUT2D eigenvalue weighted by Gasteiger charge is -2.08. The molecule has 4 nitrogen and oxygen atoms in total. The number of thiocarbonyl (C=S) groups is 1. The minimum atomic E-state index is 0.218. The normalized spacial score (nSPS) is 10.0. The molecule has 2 N–H and O–H groups in total. The van der Waals surface area contributed by atoms with Crippen LogP contribution in [-0.2, 0) is 6.54 Å². The molecule has 2 rings (SSSR count). The molecule has 0 atom stereocenters. The molecular formula is C18H17N3OS. The van der Waals surface area contributed by atoms with Crippen molar-refractivity contribution >= 4 is 23.5 Å². The number of nitrogens with one attached hydrogen (secondary N) is 2. The monoisotopic (exact) mass is 323 g/mol. The van der Waals surface area contributed by atoms with Gasteiger partial charge in [0.2, 0.25) is 0 Å². The standard InChI is InChI=1S/C18H17N3OS/c1-2-12-22-17-11-7-6-10-16(17)14-20-21-18(23)19-13-15-8-4-3-5-9-15/h1,3-11,14H,12-13H2,(H2,19,21,23)/b20-14-. The molecule has 0 aliphatic heterocycles. The topological polar surface area (TPSA) is 45.6 Å². The molecule has 116 valence electrons. The highest BCUT2D eigenvalue weighted by molar-refractivity contribution is 7.80. The molecule has 23 heavy (non-hydrogen) atoms. The molecule has 0 fully saturated rings. The van der Waals surface area contributed by atoms with E-state index in [1.54, 1.807) is 6.21 Å². The SMILES string of the molecule is C#CCOc1ccccc1/C=N\NC(=S)NCc1ccccc1. The summed E-state index contributed by atoms with van der Waals surface area (Å²) in [5.74, 6) is 3.12. The summed E-state index contributed by atoms with van der Waals surface area (Å²) in [5, 5.41) is 7.65. The number of benzene rings is 2. The first-order valence-electron chi connectivity index (χ1n) is 7.05. The zero-order chi connectivity index (χ0) is 16.3. The van der Waals surface area contributed by atoms with Gasteiger partial charge in [0.15, 0.2) is 5.11 Å². The van der Waals surface area contributed by atoms with Crippen molar-refractivity contribution in [2.24, 2.45) is 5.10 Å². The van der Waals surface area contributed by atoms with Crippen LogP contribution in [0, 0.1) is 12.3 Å². The van der Waals surface area contributed by atoms with Gasteiger partial charge < -0.3 is 10.1 Å². The summed E-state index contributed by atoms with van der Waals surface area (Å²) in [6.07, 6.45) is 6.84. The summed E-state index contributed by atoms with van der Waals surface area (Å²) in [6.45, 7) is 0.861. The van der Waals surface area contributed by atoms with Gasteiger partial charge in [0.25, 0.3) is 0 Å². The van der Waals surface area contributed by atoms with Gasteiger partial charge in [0.05, 0.1) is 6.21 Å². The number of para-hydroxylation sites is 1. The number of ether oxygens (including phenoxy) is 1. The van der Waals surface area contributed by atoms with E-state index in [-0.39, 0.29) is 6.61 Å². The lowest BCUT2D eigenvalue weighted by molar-refractivity contribution is 0.370. The fourth-order valence-corrected chi connectivity index (χ4v) is 1.94. The fourth-order valence-electron chi connectivity index (χ4n) is 1.82. The first kappa shape index (κ1) is 16.5. The van der Waals surface area contributed by atoms with Gasteiger partial charge in [-0.2, -0.15) is 5.10 Å². The lowest BCUT2D eigenvalue weighted by Crippen LogP contribution is -2.31. The van der Waals surface area contributed by atoms with Crippen molar-refractivity contribution in [3.8, 4) is 18.1 Å². The second kappa shape index (κ2) is 9.23. The second-order valence-corrected chi connectivity index (χ2v) is 4.98. The van der Waals surface area contributed by atoms with Gasteiger partial charge in [-0.25, -0.2) is 0 Å². The van der Waals surface area contributed by atoms with Crippen LogP contribution in [0.3, 0.4) is 0 Å². The van der Waals surface area contributed by atoms with E-state index in [2.05, 4.69) is 21.8 Å². The Balaban J connectivity index is 1.84. The number of rotatable bonds is 6. The van der Waals surface area contributed by atoms with Crippen LogP contribution in [0.15, 0.2) is 59.7 Å². The minimum Gasteiger partial charge on any atom is -0.480 e. The Kier molecular flexibility index (Phi) is 6.64. The third kappa shape index (κ3) is 5.81. The van der Waals surface area contributed by atoms with Gasteiger partial charge in [-0.15, -0.1) is 6.42 Å². The molecule has 2 aromatic carbocycles. The molecular weight excluding hydrogens is 306 g/mol. The van der Waals surface area contributed by atoms with Gasteiger partial charge in [-0.3, -0.25) is 5.43 Å².